The largest absolute Gasteiger partial charge is 0.312 e. The van der Waals surface area contributed by atoms with E-state index in [2.05, 4.69) is 15.2 Å². The first kappa shape index (κ1) is 10.8. The summed E-state index contributed by atoms with van der Waals surface area (Å²) in [6.07, 6.45) is 1.76. The van der Waals surface area contributed by atoms with Gasteiger partial charge in [0.15, 0.2) is 5.82 Å². The lowest BCUT2D eigenvalue weighted by molar-refractivity contribution is 0.579. The van der Waals surface area contributed by atoms with Gasteiger partial charge >= 0.3 is 0 Å². The number of pyridine rings is 1. The standard InChI is InChI=1S/C10H12N4OS/c1-6(2)14-5-3-4-7(9(14)15)8-11-10(16)13-12-8/h3-6H,1-2H3,(H2,11,12,13,16). The molecule has 84 valence electrons. The molecule has 0 aliphatic heterocycles. The maximum absolute atomic E-state index is 12.1. The van der Waals surface area contributed by atoms with Gasteiger partial charge in [-0.1, -0.05) is 0 Å². The zero-order chi connectivity index (χ0) is 11.7. The van der Waals surface area contributed by atoms with Crippen LogP contribution in [0.25, 0.3) is 11.4 Å². The molecule has 0 unspecified atom stereocenters. The van der Waals surface area contributed by atoms with E-state index < -0.39 is 0 Å². The van der Waals surface area contributed by atoms with Gasteiger partial charge in [0.1, 0.15) is 0 Å². The number of hydrogen-bond acceptors (Lipinski definition) is 3. The van der Waals surface area contributed by atoms with Crippen LogP contribution in [0.1, 0.15) is 19.9 Å². The summed E-state index contributed by atoms with van der Waals surface area (Å²) < 4.78 is 2.00. The molecule has 0 radical (unpaired) electrons. The minimum Gasteiger partial charge on any atom is -0.312 e. The minimum absolute atomic E-state index is 0.0738. The first-order valence-corrected chi connectivity index (χ1v) is 5.36. The Hall–Kier alpha value is -1.69. The van der Waals surface area contributed by atoms with Gasteiger partial charge in [-0.2, -0.15) is 4.98 Å². The fraction of sp³-hybridized carbons (Fsp3) is 0.300. The number of hydrogen-bond donors (Lipinski definition) is 2. The lowest BCUT2D eigenvalue weighted by atomic mass is 10.2. The van der Waals surface area contributed by atoms with Gasteiger partial charge in [-0.25, -0.2) is 0 Å². The lowest BCUT2D eigenvalue weighted by Gasteiger charge is -2.09. The van der Waals surface area contributed by atoms with Crippen LogP contribution in [-0.4, -0.2) is 19.7 Å². The van der Waals surface area contributed by atoms with E-state index in [1.807, 2.05) is 19.9 Å². The third-order valence-corrected chi connectivity index (χ3v) is 2.48. The van der Waals surface area contributed by atoms with Gasteiger partial charge in [0.2, 0.25) is 4.77 Å². The molecule has 16 heavy (non-hydrogen) atoms. The first-order valence-electron chi connectivity index (χ1n) is 4.96. The van der Waals surface area contributed by atoms with Crippen LogP contribution in [0.15, 0.2) is 23.1 Å². The van der Waals surface area contributed by atoms with Crippen molar-refractivity contribution in [3.63, 3.8) is 0 Å². The molecular formula is C10H12N4OS. The number of H-pyrrole nitrogens is 2. The highest BCUT2D eigenvalue weighted by molar-refractivity contribution is 7.71. The van der Waals surface area contributed by atoms with E-state index in [1.54, 1.807) is 16.8 Å². The van der Waals surface area contributed by atoms with E-state index in [0.29, 0.717) is 16.2 Å². The van der Waals surface area contributed by atoms with Crippen molar-refractivity contribution in [2.75, 3.05) is 0 Å². The fourth-order valence-electron chi connectivity index (χ4n) is 1.49. The molecule has 0 atom stereocenters. The minimum atomic E-state index is -0.0738. The molecule has 0 aliphatic carbocycles. The zero-order valence-electron chi connectivity index (χ0n) is 9.02. The van der Waals surface area contributed by atoms with Crippen LogP contribution >= 0.6 is 12.2 Å². The second kappa shape index (κ2) is 4.05. The van der Waals surface area contributed by atoms with Gasteiger partial charge in [-0.3, -0.25) is 15.0 Å². The van der Waals surface area contributed by atoms with Crippen molar-refractivity contribution in [2.24, 2.45) is 0 Å². The van der Waals surface area contributed by atoms with Crippen molar-refractivity contribution in [3.8, 4) is 11.4 Å². The van der Waals surface area contributed by atoms with E-state index in [-0.39, 0.29) is 11.6 Å². The van der Waals surface area contributed by atoms with E-state index in [0.717, 1.165) is 0 Å². The average Bonchev–Trinajstić information content (AvgIpc) is 2.64. The highest BCUT2D eigenvalue weighted by Gasteiger charge is 2.09. The van der Waals surface area contributed by atoms with Gasteiger partial charge in [0, 0.05) is 12.2 Å². The average molecular weight is 236 g/mol. The summed E-state index contributed by atoms with van der Waals surface area (Å²) in [5.41, 5.74) is 0.443. The molecule has 5 nitrogen and oxygen atoms in total. The van der Waals surface area contributed by atoms with Crippen molar-refractivity contribution in [1.29, 1.82) is 0 Å². The van der Waals surface area contributed by atoms with Crippen molar-refractivity contribution >= 4 is 12.2 Å². The molecule has 2 aromatic rings. The lowest BCUT2D eigenvalue weighted by Crippen LogP contribution is -2.22. The van der Waals surface area contributed by atoms with E-state index in [4.69, 9.17) is 12.2 Å². The Morgan fingerprint density at radius 3 is 2.75 bits per heavy atom. The highest BCUT2D eigenvalue weighted by Crippen LogP contribution is 2.09. The summed E-state index contributed by atoms with van der Waals surface area (Å²) in [5, 5.41) is 5.45. The third-order valence-electron chi connectivity index (χ3n) is 2.29. The normalized spacial score (nSPS) is 10.9. The zero-order valence-corrected chi connectivity index (χ0v) is 9.84. The van der Waals surface area contributed by atoms with Gasteiger partial charge in [-0.15, -0.1) is 0 Å². The number of rotatable bonds is 2. The van der Waals surface area contributed by atoms with Crippen LogP contribution in [0.4, 0.5) is 0 Å². The molecule has 2 rings (SSSR count). The first-order chi connectivity index (χ1) is 7.59. The number of nitrogens with one attached hydrogen (secondary N) is 2. The molecule has 0 bridgehead atoms. The molecule has 2 aromatic heterocycles. The van der Waals surface area contributed by atoms with Crippen LogP contribution in [0, 0.1) is 4.77 Å². The molecule has 2 N–H and O–H groups in total. The Morgan fingerprint density at radius 1 is 1.44 bits per heavy atom. The highest BCUT2D eigenvalue weighted by atomic mass is 32.1. The van der Waals surface area contributed by atoms with Crippen LogP contribution in [0.5, 0.6) is 0 Å². The fourth-order valence-corrected chi connectivity index (χ4v) is 1.64. The predicted octanol–water partition coefficient (Wildman–Crippen LogP) is 1.88. The smallest absolute Gasteiger partial charge is 0.261 e. The summed E-state index contributed by atoms with van der Waals surface area (Å²) >= 11 is 4.85. The van der Waals surface area contributed by atoms with Gasteiger partial charge in [0.25, 0.3) is 5.56 Å². The van der Waals surface area contributed by atoms with Crippen molar-refractivity contribution < 1.29 is 0 Å². The predicted molar refractivity (Wildman–Crippen MR) is 63.9 cm³/mol. The van der Waals surface area contributed by atoms with E-state index >= 15 is 0 Å². The Morgan fingerprint density at radius 2 is 2.19 bits per heavy atom. The van der Waals surface area contributed by atoms with Crippen molar-refractivity contribution in [3.05, 3.63) is 33.5 Å². The van der Waals surface area contributed by atoms with Crippen LogP contribution < -0.4 is 5.56 Å². The summed E-state index contributed by atoms with van der Waals surface area (Å²) in [6.45, 7) is 3.91. The van der Waals surface area contributed by atoms with Gasteiger partial charge < -0.3 is 4.57 Å². The van der Waals surface area contributed by atoms with Crippen LogP contribution in [-0.2, 0) is 0 Å². The molecule has 0 spiro atoms. The van der Waals surface area contributed by atoms with Gasteiger partial charge in [-0.05, 0) is 38.2 Å². The molecule has 2 heterocycles. The van der Waals surface area contributed by atoms with Crippen molar-refractivity contribution in [2.45, 2.75) is 19.9 Å². The summed E-state index contributed by atoms with van der Waals surface area (Å²) in [6, 6.07) is 3.67. The summed E-state index contributed by atoms with van der Waals surface area (Å²) in [5.74, 6) is 0.477. The van der Waals surface area contributed by atoms with E-state index in [1.165, 1.54) is 0 Å². The Kier molecular flexibility index (Phi) is 2.74. The quantitative estimate of drug-likeness (QED) is 0.782. The second-order valence-electron chi connectivity index (χ2n) is 3.74. The molecule has 0 saturated carbocycles. The summed E-state index contributed by atoms with van der Waals surface area (Å²) in [7, 11) is 0. The number of aromatic amines is 2. The van der Waals surface area contributed by atoms with Crippen LogP contribution in [0.2, 0.25) is 0 Å². The molecule has 0 aliphatic rings. The Bertz CT molecular complexity index is 608. The molecule has 6 heteroatoms. The number of nitrogens with zero attached hydrogens (tertiary/aromatic N) is 2. The molecule has 0 fully saturated rings. The van der Waals surface area contributed by atoms with Gasteiger partial charge in [0.05, 0.1) is 5.56 Å². The molecule has 0 saturated heterocycles. The van der Waals surface area contributed by atoms with E-state index in [9.17, 15) is 4.79 Å². The molecule has 0 aromatic carbocycles. The topological polar surface area (TPSA) is 66.5 Å². The van der Waals surface area contributed by atoms with Crippen molar-refractivity contribution in [1.82, 2.24) is 19.7 Å². The molecule has 0 amide bonds. The SMILES string of the molecule is CC(C)n1cccc(-c2nc(=S)[nH][nH]2)c1=O. The monoisotopic (exact) mass is 236 g/mol. The Balaban J connectivity index is 2.63. The third kappa shape index (κ3) is 1.83. The summed E-state index contributed by atoms with van der Waals surface area (Å²) in [4.78, 5) is 16.1. The Labute approximate surface area is 97.2 Å². The molecular weight excluding hydrogens is 224 g/mol. The maximum Gasteiger partial charge on any atom is 0.261 e. The maximum atomic E-state index is 12.1. The van der Waals surface area contributed by atoms with Crippen LogP contribution in [0.3, 0.4) is 0 Å². The second-order valence-corrected chi connectivity index (χ2v) is 4.13. The number of aromatic nitrogens is 4.